The van der Waals surface area contributed by atoms with E-state index in [9.17, 15) is 9.18 Å². The van der Waals surface area contributed by atoms with Crippen molar-refractivity contribution in [1.29, 1.82) is 0 Å². The Labute approximate surface area is 227 Å². The number of para-hydroxylation sites is 1. The molecule has 0 saturated carbocycles. The van der Waals surface area contributed by atoms with Crippen LogP contribution in [0.5, 0.6) is 11.5 Å². The van der Waals surface area contributed by atoms with E-state index >= 15 is 0 Å². The molecule has 40 heavy (non-hydrogen) atoms. The molecule has 6 rings (SSSR count). The van der Waals surface area contributed by atoms with Crippen LogP contribution >= 0.6 is 0 Å². The van der Waals surface area contributed by atoms with E-state index < -0.39 is 11.9 Å². The van der Waals surface area contributed by atoms with E-state index in [1.54, 1.807) is 73.5 Å². The molecular weight excluding hydrogens is 513 g/mol. The Morgan fingerprint density at radius 1 is 0.950 bits per heavy atom. The number of ether oxygens (including phenoxy) is 2. The topological polar surface area (TPSA) is 118 Å². The van der Waals surface area contributed by atoms with E-state index in [0.29, 0.717) is 56.1 Å². The van der Waals surface area contributed by atoms with Crippen LogP contribution in [0.4, 0.5) is 10.2 Å². The molecule has 3 aromatic carbocycles. The molecule has 3 heterocycles. The van der Waals surface area contributed by atoms with Gasteiger partial charge in [0.1, 0.15) is 52.5 Å². The predicted octanol–water partition coefficient (Wildman–Crippen LogP) is 5.61. The van der Waals surface area contributed by atoms with Crippen LogP contribution in [-0.2, 0) is 0 Å². The highest BCUT2D eigenvalue weighted by Gasteiger charge is 2.27. The van der Waals surface area contributed by atoms with Crippen LogP contribution < -0.4 is 20.6 Å². The van der Waals surface area contributed by atoms with E-state index in [0.717, 1.165) is 0 Å². The smallest absolute Gasteiger partial charge is 0.200 e. The molecule has 6 aromatic rings. The van der Waals surface area contributed by atoms with Gasteiger partial charge in [0.25, 0.3) is 0 Å². The lowest BCUT2D eigenvalue weighted by molar-refractivity contribution is 0.394. The number of hydrogen-bond acceptors (Lipinski definition) is 8. The quantitative estimate of drug-likeness (QED) is 0.291. The third kappa shape index (κ3) is 4.10. The number of nitrogens with two attached hydrogens (primary N) is 1. The molecule has 0 fully saturated rings. The maximum Gasteiger partial charge on any atom is 0.200 e. The number of nitrogens with zero attached hydrogens (tertiary/aromatic N) is 4. The third-order valence-electron chi connectivity index (χ3n) is 6.83. The van der Waals surface area contributed by atoms with Gasteiger partial charge in [-0.3, -0.25) is 4.79 Å². The zero-order valence-corrected chi connectivity index (χ0v) is 21.9. The summed E-state index contributed by atoms with van der Waals surface area (Å²) in [5.41, 5.74) is 8.68. The van der Waals surface area contributed by atoms with Crippen molar-refractivity contribution in [3.8, 4) is 33.9 Å². The highest BCUT2D eigenvalue weighted by Crippen LogP contribution is 2.38. The summed E-state index contributed by atoms with van der Waals surface area (Å²) in [5, 5.41) is 5.80. The summed E-state index contributed by atoms with van der Waals surface area (Å²) in [6.07, 6.45) is 1.35. The summed E-state index contributed by atoms with van der Waals surface area (Å²) in [4.78, 5) is 22.5. The Morgan fingerprint density at radius 3 is 2.42 bits per heavy atom. The monoisotopic (exact) mass is 537 g/mol. The number of hydrogen-bond donors (Lipinski definition) is 1. The first-order valence-corrected chi connectivity index (χ1v) is 12.4. The molecule has 0 saturated heterocycles. The van der Waals surface area contributed by atoms with Crippen molar-refractivity contribution in [2.75, 3.05) is 20.0 Å². The lowest BCUT2D eigenvalue weighted by Gasteiger charge is -2.17. The van der Waals surface area contributed by atoms with Crippen molar-refractivity contribution in [3.63, 3.8) is 0 Å². The number of benzene rings is 3. The minimum atomic E-state index is -0.659. The molecule has 3 aromatic heterocycles. The third-order valence-corrected chi connectivity index (χ3v) is 6.83. The molecule has 9 nitrogen and oxygen atoms in total. The summed E-state index contributed by atoms with van der Waals surface area (Å²) >= 11 is 0. The standard InChI is InChI=1S/C30H24FN5O4/c1-16(28-24(17-7-6-8-19(31)11-17)27(37)22-9-4-5-10-23(22)40-28)36-30-25(29(32)33-15-34-30)26(35-36)18-12-20(38-2)14-21(13-18)39-3/h4-16H,1-3H3,(H2,32,33,34). The molecular formula is C30H24FN5O4. The van der Waals surface area contributed by atoms with Gasteiger partial charge in [-0.2, -0.15) is 5.10 Å². The Kier molecular flexibility index (Phi) is 6.14. The lowest BCUT2D eigenvalue weighted by atomic mass is 9.99. The van der Waals surface area contributed by atoms with Gasteiger partial charge in [-0.05, 0) is 48.9 Å². The Balaban J connectivity index is 1.64. The van der Waals surface area contributed by atoms with Gasteiger partial charge in [-0.15, -0.1) is 0 Å². The van der Waals surface area contributed by atoms with E-state index in [1.807, 2.05) is 6.92 Å². The van der Waals surface area contributed by atoms with Crippen LogP contribution in [0.1, 0.15) is 18.7 Å². The number of rotatable bonds is 6. The van der Waals surface area contributed by atoms with Crippen molar-refractivity contribution in [3.05, 3.63) is 94.9 Å². The van der Waals surface area contributed by atoms with Gasteiger partial charge in [-0.1, -0.05) is 24.3 Å². The maximum atomic E-state index is 14.3. The second kappa shape index (κ2) is 9.81. The summed E-state index contributed by atoms with van der Waals surface area (Å²) in [5.74, 6) is 1.18. The van der Waals surface area contributed by atoms with Gasteiger partial charge in [0.2, 0.25) is 5.43 Å². The van der Waals surface area contributed by atoms with E-state index in [-0.39, 0.29) is 16.8 Å². The van der Waals surface area contributed by atoms with Crippen LogP contribution in [0.25, 0.3) is 44.4 Å². The molecule has 0 aliphatic rings. The minimum Gasteiger partial charge on any atom is -0.497 e. The van der Waals surface area contributed by atoms with Crippen LogP contribution in [0.2, 0.25) is 0 Å². The van der Waals surface area contributed by atoms with Crippen LogP contribution in [0.15, 0.2) is 82.3 Å². The van der Waals surface area contributed by atoms with Gasteiger partial charge in [0, 0.05) is 11.6 Å². The molecule has 0 bridgehead atoms. The van der Waals surface area contributed by atoms with Crippen LogP contribution in [-0.4, -0.2) is 34.0 Å². The van der Waals surface area contributed by atoms with Gasteiger partial charge < -0.3 is 19.6 Å². The number of aromatic nitrogens is 4. The van der Waals surface area contributed by atoms with Gasteiger partial charge in [0.15, 0.2) is 5.65 Å². The molecule has 0 spiro atoms. The summed E-state index contributed by atoms with van der Waals surface area (Å²) in [6.45, 7) is 1.83. The molecule has 1 unspecified atom stereocenters. The minimum absolute atomic E-state index is 0.227. The predicted molar refractivity (Wildman–Crippen MR) is 150 cm³/mol. The van der Waals surface area contributed by atoms with E-state index in [1.165, 1.54) is 18.5 Å². The summed E-state index contributed by atoms with van der Waals surface area (Å²) < 4.78 is 33.2. The fourth-order valence-corrected chi connectivity index (χ4v) is 4.89. The first-order chi connectivity index (χ1) is 19.4. The van der Waals surface area contributed by atoms with Crippen molar-refractivity contribution in [1.82, 2.24) is 19.7 Å². The first-order valence-electron chi connectivity index (χ1n) is 12.4. The van der Waals surface area contributed by atoms with Gasteiger partial charge in [-0.25, -0.2) is 19.0 Å². The molecule has 0 aliphatic carbocycles. The molecule has 2 N–H and O–H groups in total. The van der Waals surface area contributed by atoms with Crippen molar-refractivity contribution < 1.29 is 18.3 Å². The number of methoxy groups -OCH3 is 2. The van der Waals surface area contributed by atoms with Gasteiger partial charge >= 0.3 is 0 Å². The molecule has 1 atom stereocenters. The molecule has 200 valence electrons. The second-order valence-corrected chi connectivity index (χ2v) is 9.20. The highest BCUT2D eigenvalue weighted by molar-refractivity contribution is 5.98. The normalized spacial score (nSPS) is 12.1. The molecule has 0 aliphatic heterocycles. The Bertz CT molecular complexity index is 1940. The second-order valence-electron chi connectivity index (χ2n) is 9.20. The molecule has 0 radical (unpaired) electrons. The maximum absolute atomic E-state index is 14.3. The summed E-state index contributed by atoms with van der Waals surface area (Å²) in [7, 11) is 3.12. The van der Waals surface area contributed by atoms with Crippen molar-refractivity contribution >= 4 is 27.8 Å². The average molecular weight is 538 g/mol. The zero-order chi connectivity index (χ0) is 28.0. The average Bonchev–Trinajstić information content (AvgIpc) is 3.37. The zero-order valence-electron chi connectivity index (χ0n) is 21.9. The first kappa shape index (κ1) is 25.1. The number of halogens is 1. The Morgan fingerprint density at radius 2 is 1.70 bits per heavy atom. The van der Waals surface area contributed by atoms with Gasteiger partial charge in [0.05, 0.1) is 30.6 Å². The lowest BCUT2D eigenvalue weighted by Crippen LogP contribution is -2.16. The summed E-state index contributed by atoms with van der Waals surface area (Å²) in [6, 6.07) is 17.5. The highest BCUT2D eigenvalue weighted by atomic mass is 19.1. The number of anilines is 1. The largest absolute Gasteiger partial charge is 0.497 e. The van der Waals surface area contributed by atoms with Crippen molar-refractivity contribution in [2.45, 2.75) is 13.0 Å². The SMILES string of the molecule is COc1cc(OC)cc(-c2nn(C(C)c3oc4ccccc4c(=O)c3-c3cccc(F)c3)c3ncnc(N)c23)c1. The Hall–Kier alpha value is -5.25. The van der Waals surface area contributed by atoms with Crippen LogP contribution in [0, 0.1) is 5.82 Å². The number of fused-ring (bicyclic) bond motifs is 2. The number of nitrogen functional groups attached to an aromatic ring is 1. The fraction of sp³-hybridized carbons (Fsp3) is 0.133. The van der Waals surface area contributed by atoms with Crippen LogP contribution in [0.3, 0.4) is 0 Å². The van der Waals surface area contributed by atoms with E-state index in [2.05, 4.69) is 9.97 Å². The fourth-order valence-electron chi connectivity index (χ4n) is 4.89. The molecule has 10 heteroatoms. The molecule has 0 amide bonds. The van der Waals surface area contributed by atoms with E-state index in [4.69, 9.17) is 24.7 Å². The van der Waals surface area contributed by atoms with Crippen molar-refractivity contribution in [2.24, 2.45) is 0 Å².